The van der Waals surface area contributed by atoms with Gasteiger partial charge in [-0.1, -0.05) is 146 Å². The van der Waals surface area contributed by atoms with Crippen LogP contribution in [0, 0.1) is 0 Å². The van der Waals surface area contributed by atoms with Crippen molar-refractivity contribution in [2.75, 3.05) is 0 Å². The molecule has 0 unspecified atom stereocenters. The minimum Gasteiger partial charge on any atom is -0.456 e. The molecule has 0 radical (unpaired) electrons. The third kappa shape index (κ3) is 5.69. The van der Waals surface area contributed by atoms with Crippen molar-refractivity contribution in [3.05, 3.63) is 206 Å². The van der Waals surface area contributed by atoms with Crippen LogP contribution in [0.25, 0.3) is 128 Å². The molecule has 0 saturated carbocycles. The normalized spacial score (nSPS) is 11.8. The summed E-state index contributed by atoms with van der Waals surface area (Å²) in [6.45, 7) is 0. The topological polar surface area (TPSA) is 69.9 Å². The number of hydrogen-bond acceptors (Lipinski definition) is 5. The summed E-state index contributed by atoms with van der Waals surface area (Å²) in [6.07, 6.45) is 0. The molecule has 9 aromatic carbocycles. The average molecular weight is 807 g/mol. The lowest BCUT2D eigenvalue weighted by Crippen LogP contribution is -2.00. The van der Waals surface area contributed by atoms with Gasteiger partial charge in [0.25, 0.3) is 0 Å². The lowest BCUT2D eigenvalue weighted by molar-refractivity contribution is 0.669. The van der Waals surface area contributed by atoms with Crippen LogP contribution in [0.4, 0.5) is 0 Å². The maximum absolute atomic E-state index is 6.71. The van der Waals surface area contributed by atoms with Crippen molar-refractivity contribution < 1.29 is 8.83 Å². The second-order valence-electron chi connectivity index (χ2n) is 15.9. The lowest BCUT2D eigenvalue weighted by atomic mass is 9.99. The molecule has 0 aliphatic carbocycles. The summed E-state index contributed by atoms with van der Waals surface area (Å²) in [5.74, 6) is 1.70. The number of furan rings is 2. The molecule has 4 aromatic heterocycles. The summed E-state index contributed by atoms with van der Waals surface area (Å²) in [4.78, 5) is 15.2. The van der Waals surface area contributed by atoms with Crippen molar-refractivity contribution in [2.24, 2.45) is 0 Å². The minimum atomic E-state index is 0.554. The van der Waals surface area contributed by atoms with Gasteiger partial charge in [-0.25, -0.2) is 15.0 Å². The Morgan fingerprint density at radius 1 is 0.302 bits per heavy atom. The van der Waals surface area contributed by atoms with E-state index in [1.54, 1.807) is 0 Å². The number of hydrogen-bond donors (Lipinski definition) is 0. The zero-order valence-electron chi connectivity index (χ0n) is 33.7. The van der Waals surface area contributed by atoms with E-state index in [4.69, 9.17) is 23.8 Å². The quantitative estimate of drug-likeness (QED) is 0.167. The van der Waals surface area contributed by atoms with E-state index >= 15 is 0 Å². The second-order valence-corrected chi connectivity index (χ2v) is 15.9. The fourth-order valence-corrected chi connectivity index (χ4v) is 9.35. The van der Waals surface area contributed by atoms with Gasteiger partial charge in [-0.15, -0.1) is 0 Å². The van der Waals surface area contributed by atoms with Crippen LogP contribution in [-0.2, 0) is 0 Å². The molecule has 0 saturated heterocycles. The van der Waals surface area contributed by atoms with E-state index in [0.29, 0.717) is 17.5 Å². The molecule has 4 heterocycles. The summed E-state index contributed by atoms with van der Waals surface area (Å²) in [7, 11) is 0. The number of nitrogens with zero attached hydrogens (tertiary/aromatic N) is 4. The molecule has 13 rings (SSSR count). The summed E-state index contributed by atoms with van der Waals surface area (Å²) in [6, 6.07) is 71.5. The summed E-state index contributed by atoms with van der Waals surface area (Å²) < 4.78 is 15.6. The number of benzene rings is 9. The van der Waals surface area contributed by atoms with E-state index < -0.39 is 0 Å². The molecular formula is C57H34N4O2. The van der Waals surface area contributed by atoms with Crippen LogP contribution in [0.1, 0.15) is 0 Å². The predicted molar refractivity (Wildman–Crippen MR) is 256 cm³/mol. The summed E-state index contributed by atoms with van der Waals surface area (Å²) in [5, 5.41) is 6.67. The highest BCUT2D eigenvalue weighted by Crippen LogP contribution is 2.41. The van der Waals surface area contributed by atoms with Gasteiger partial charge >= 0.3 is 0 Å². The summed E-state index contributed by atoms with van der Waals surface area (Å²) in [5.41, 5.74) is 13.7. The van der Waals surface area contributed by atoms with Crippen LogP contribution in [0.15, 0.2) is 215 Å². The number of aromatic nitrogens is 4. The Kier molecular flexibility index (Phi) is 7.80. The van der Waals surface area contributed by atoms with Gasteiger partial charge in [0.05, 0.1) is 16.7 Å². The summed E-state index contributed by atoms with van der Waals surface area (Å²) >= 11 is 0. The molecule has 0 aliphatic heterocycles. The minimum absolute atomic E-state index is 0.554. The molecule has 0 aliphatic rings. The molecular weight excluding hydrogens is 773 g/mol. The largest absolute Gasteiger partial charge is 0.456 e. The Hall–Kier alpha value is -8.61. The van der Waals surface area contributed by atoms with Crippen LogP contribution in [0.5, 0.6) is 0 Å². The Morgan fingerprint density at radius 2 is 0.778 bits per heavy atom. The predicted octanol–water partition coefficient (Wildman–Crippen LogP) is 15.1. The van der Waals surface area contributed by atoms with E-state index in [9.17, 15) is 0 Å². The van der Waals surface area contributed by atoms with E-state index in [0.717, 1.165) is 88.5 Å². The van der Waals surface area contributed by atoms with E-state index in [-0.39, 0.29) is 0 Å². The highest BCUT2D eigenvalue weighted by atomic mass is 16.3. The van der Waals surface area contributed by atoms with Gasteiger partial charge in [0.1, 0.15) is 22.3 Å². The van der Waals surface area contributed by atoms with Crippen LogP contribution in [0.2, 0.25) is 0 Å². The Morgan fingerprint density at radius 3 is 1.44 bits per heavy atom. The third-order valence-electron chi connectivity index (χ3n) is 12.3. The van der Waals surface area contributed by atoms with Gasteiger partial charge in [0.2, 0.25) is 0 Å². The number of fused-ring (bicyclic) bond motifs is 9. The standard InChI is InChI=1S/C57H34N4O2/c1-3-14-35(15-4-1)41-21-13-25-50-54(41)46-31-28-39(34-53(46)62-50)57-59-55(36-16-5-2-6-17-36)58-56(60-57)38-27-30-45-44-29-26-37(32-51(44)63-52(45)33-38)40-18-7-10-22-47(40)61-48-23-11-8-19-42(48)43-20-9-12-24-49(43)61/h1-34H. The zero-order chi connectivity index (χ0) is 41.4. The molecule has 0 bridgehead atoms. The smallest absolute Gasteiger partial charge is 0.164 e. The van der Waals surface area contributed by atoms with Crippen LogP contribution >= 0.6 is 0 Å². The first-order valence-corrected chi connectivity index (χ1v) is 21.1. The van der Waals surface area contributed by atoms with Crippen LogP contribution in [-0.4, -0.2) is 19.5 Å². The molecule has 6 heteroatoms. The fraction of sp³-hybridized carbons (Fsp3) is 0. The van der Waals surface area contributed by atoms with E-state index in [1.807, 2.05) is 60.7 Å². The molecule has 294 valence electrons. The van der Waals surface area contributed by atoms with Gasteiger partial charge in [-0.3, -0.25) is 0 Å². The third-order valence-corrected chi connectivity index (χ3v) is 12.3. The Bertz CT molecular complexity index is 3870. The van der Waals surface area contributed by atoms with Crippen molar-refractivity contribution in [3.63, 3.8) is 0 Å². The Balaban J connectivity index is 0.918. The van der Waals surface area contributed by atoms with Crippen molar-refractivity contribution in [1.82, 2.24) is 19.5 Å². The van der Waals surface area contributed by atoms with Gasteiger partial charge in [-0.2, -0.15) is 0 Å². The molecule has 0 fully saturated rings. The maximum Gasteiger partial charge on any atom is 0.164 e. The highest BCUT2D eigenvalue weighted by Gasteiger charge is 2.19. The monoisotopic (exact) mass is 806 g/mol. The van der Waals surface area contributed by atoms with Gasteiger partial charge in [0, 0.05) is 54.6 Å². The lowest BCUT2D eigenvalue weighted by Gasteiger charge is -2.14. The SMILES string of the molecule is c1ccc(-c2nc(-c3ccc4c(c3)oc3cc(-c5ccccc5-n5c6ccccc6c6ccccc65)ccc34)nc(-c3ccc4c(c3)oc3cccc(-c5ccccc5)c34)n2)cc1. The number of rotatable bonds is 6. The molecule has 13 aromatic rings. The van der Waals surface area contributed by atoms with E-state index in [2.05, 4.69) is 150 Å². The molecule has 0 spiro atoms. The first-order valence-electron chi connectivity index (χ1n) is 21.1. The average Bonchev–Trinajstić information content (AvgIpc) is 4.03. The van der Waals surface area contributed by atoms with Crippen molar-refractivity contribution >= 4 is 65.7 Å². The van der Waals surface area contributed by atoms with Crippen molar-refractivity contribution in [1.29, 1.82) is 0 Å². The van der Waals surface area contributed by atoms with Gasteiger partial charge < -0.3 is 13.4 Å². The van der Waals surface area contributed by atoms with Crippen LogP contribution in [0.3, 0.4) is 0 Å². The maximum atomic E-state index is 6.71. The van der Waals surface area contributed by atoms with Crippen LogP contribution < -0.4 is 0 Å². The highest BCUT2D eigenvalue weighted by molar-refractivity contribution is 6.13. The fourth-order valence-electron chi connectivity index (χ4n) is 9.35. The molecule has 0 N–H and O–H groups in total. The molecule has 0 amide bonds. The molecule has 0 atom stereocenters. The molecule has 63 heavy (non-hydrogen) atoms. The van der Waals surface area contributed by atoms with Crippen molar-refractivity contribution in [2.45, 2.75) is 0 Å². The van der Waals surface area contributed by atoms with E-state index in [1.165, 1.54) is 21.8 Å². The number of para-hydroxylation sites is 3. The second kappa shape index (κ2) is 14.0. The first-order chi connectivity index (χ1) is 31.2. The first kappa shape index (κ1) is 35.2. The van der Waals surface area contributed by atoms with Gasteiger partial charge in [-0.05, 0) is 77.4 Å². The van der Waals surface area contributed by atoms with Gasteiger partial charge in [0.15, 0.2) is 17.5 Å². The molecule has 6 nitrogen and oxygen atoms in total. The zero-order valence-corrected chi connectivity index (χ0v) is 33.7. The van der Waals surface area contributed by atoms with Crippen molar-refractivity contribution in [3.8, 4) is 62.1 Å². The Labute approximate surface area is 361 Å².